The molecule has 2 rings (SSSR count). The number of hydrogen-bond donors (Lipinski definition) is 1. The molecule has 0 spiro atoms. The molecule has 2 aromatic rings. The van der Waals surface area contributed by atoms with Crippen LogP contribution in [0.4, 0.5) is 5.69 Å². The van der Waals surface area contributed by atoms with E-state index in [2.05, 4.69) is 25.5 Å². The average Bonchev–Trinajstić information content (AvgIpc) is 2.48. The van der Waals surface area contributed by atoms with E-state index in [1.54, 1.807) is 37.4 Å². The third-order valence-electron chi connectivity index (χ3n) is 3.71. The molecule has 0 fully saturated rings. The average molecular weight is 333 g/mol. The minimum absolute atomic E-state index is 0.0116. The van der Waals surface area contributed by atoms with Crippen molar-refractivity contribution in [1.29, 1.82) is 0 Å². The molecule has 5 heteroatoms. The van der Waals surface area contributed by atoms with E-state index in [0.29, 0.717) is 11.4 Å². The Bertz CT molecular complexity index is 788. The fourth-order valence-electron chi connectivity index (χ4n) is 2.22. The number of rotatable bonds is 4. The van der Waals surface area contributed by atoms with Crippen LogP contribution in [0.1, 0.15) is 31.9 Å². The zero-order valence-electron chi connectivity index (χ0n) is 14.2. The smallest absolute Gasteiger partial charge is 0.261 e. The van der Waals surface area contributed by atoms with Crippen LogP contribution in [0.3, 0.4) is 0 Å². The first kappa shape index (κ1) is 17.3. The Labute approximate surface area is 138 Å². The third-order valence-corrected chi connectivity index (χ3v) is 5.09. The number of hydrogen-bond acceptors (Lipinski definition) is 3. The molecule has 0 unspecified atom stereocenters. The summed E-state index contributed by atoms with van der Waals surface area (Å²) in [7, 11) is -2.03. The number of ether oxygens (including phenoxy) is 1. The maximum Gasteiger partial charge on any atom is 0.261 e. The number of methoxy groups -OCH3 is 1. The summed E-state index contributed by atoms with van der Waals surface area (Å²) >= 11 is 0. The van der Waals surface area contributed by atoms with Gasteiger partial charge in [-0.05, 0) is 53.8 Å². The number of anilines is 1. The van der Waals surface area contributed by atoms with Gasteiger partial charge in [-0.15, -0.1) is 0 Å². The van der Waals surface area contributed by atoms with Crippen LogP contribution in [0, 0.1) is 6.92 Å². The third kappa shape index (κ3) is 4.05. The molecule has 0 heterocycles. The summed E-state index contributed by atoms with van der Waals surface area (Å²) in [4.78, 5) is 0.251. The van der Waals surface area contributed by atoms with Gasteiger partial charge in [0.15, 0.2) is 0 Å². The summed E-state index contributed by atoms with van der Waals surface area (Å²) in [5.41, 5.74) is 2.43. The normalized spacial score (nSPS) is 12.0. The largest absolute Gasteiger partial charge is 0.497 e. The Morgan fingerprint density at radius 3 is 2.09 bits per heavy atom. The Kier molecular flexibility index (Phi) is 4.71. The molecule has 0 radical (unpaired) electrons. The van der Waals surface area contributed by atoms with Crippen molar-refractivity contribution in [1.82, 2.24) is 0 Å². The molecule has 2 aromatic carbocycles. The van der Waals surface area contributed by atoms with Crippen molar-refractivity contribution >= 4 is 15.7 Å². The lowest BCUT2D eigenvalue weighted by molar-refractivity contribution is 0.414. The topological polar surface area (TPSA) is 55.4 Å². The quantitative estimate of drug-likeness (QED) is 0.916. The second-order valence-electron chi connectivity index (χ2n) is 6.56. The fourth-order valence-corrected chi connectivity index (χ4v) is 3.35. The molecule has 0 saturated carbocycles. The van der Waals surface area contributed by atoms with Gasteiger partial charge in [-0.1, -0.05) is 32.9 Å². The highest BCUT2D eigenvalue weighted by atomic mass is 32.2. The summed E-state index contributed by atoms with van der Waals surface area (Å²) in [6.07, 6.45) is 0. The Morgan fingerprint density at radius 1 is 1.00 bits per heavy atom. The standard InChI is InChI=1S/C18H23NO3S/c1-13-12-15(22-5)8-11-17(13)19-23(20,21)16-9-6-14(7-10-16)18(2,3)4/h6-12,19H,1-5H3. The molecular formula is C18H23NO3S. The highest BCUT2D eigenvalue weighted by Crippen LogP contribution is 2.26. The minimum Gasteiger partial charge on any atom is -0.497 e. The molecular weight excluding hydrogens is 310 g/mol. The van der Waals surface area contributed by atoms with E-state index in [1.807, 2.05) is 19.1 Å². The lowest BCUT2D eigenvalue weighted by Gasteiger charge is -2.19. The molecule has 23 heavy (non-hydrogen) atoms. The van der Waals surface area contributed by atoms with Crippen molar-refractivity contribution in [3.05, 3.63) is 53.6 Å². The van der Waals surface area contributed by atoms with Gasteiger partial charge in [0.1, 0.15) is 5.75 Å². The fraction of sp³-hybridized carbons (Fsp3) is 0.333. The summed E-state index contributed by atoms with van der Waals surface area (Å²) in [5.74, 6) is 0.694. The van der Waals surface area contributed by atoms with Crippen molar-refractivity contribution < 1.29 is 13.2 Å². The van der Waals surface area contributed by atoms with Gasteiger partial charge in [0, 0.05) is 0 Å². The Hall–Kier alpha value is -2.01. The predicted octanol–water partition coefficient (Wildman–Crippen LogP) is 4.10. The van der Waals surface area contributed by atoms with Gasteiger partial charge in [-0.3, -0.25) is 4.72 Å². The molecule has 0 aliphatic heterocycles. The van der Waals surface area contributed by atoms with Crippen LogP contribution in [-0.2, 0) is 15.4 Å². The van der Waals surface area contributed by atoms with Crippen LogP contribution in [-0.4, -0.2) is 15.5 Å². The summed E-state index contributed by atoms with van der Waals surface area (Å²) in [5, 5.41) is 0. The van der Waals surface area contributed by atoms with Crippen molar-refractivity contribution in [2.45, 2.75) is 38.0 Å². The van der Waals surface area contributed by atoms with E-state index in [1.165, 1.54) is 0 Å². The summed E-state index contributed by atoms with van der Waals surface area (Å²) < 4.78 is 32.8. The first-order chi connectivity index (χ1) is 10.6. The van der Waals surface area contributed by atoms with Crippen molar-refractivity contribution in [2.75, 3.05) is 11.8 Å². The van der Waals surface area contributed by atoms with E-state index in [9.17, 15) is 8.42 Å². The first-order valence-corrected chi connectivity index (χ1v) is 8.90. The van der Waals surface area contributed by atoms with Crippen molar-refractivity contribution in [3.63, 3.8) is 0 Å². The lowest BCUT2D eigenvalue weighted by Crippen LogP contribution is -2.15. The van der Waals surface area contributed by atoms with Crippen molar-refractivity contribution in [2.24, 2.45) is 0 Å². The molecule has 0 aliphatic rings. The molecule has 4 nitrogen and oxygen atoms in total. The van der Waals surface area contributed by atoms with Crippen LogP contribution in [0.2, 0.25) is 0 Å². The van der Waals surface area contributed by atoms with Crippen molar-refractivity contribution in [3.8, 4) is 5.75 Å². The van der Waals surface area contributed by atoms with Crippen LogP contribution >= 0.6 is 0 Å². The van der Waals surface area contributed by atoms with Crippen LogP contribution in [0.25, 0.3) is 0 Å². The first-order valence-electron chi connectivity index (χ1n) is 7.41. The molecule has 0 amide bonds. The van der Waals surface area contributed by atoms with E-state index in [4.69, 9.17) is 4.74 Å². The van der Waals surface area contributed by atoms with Gasteiger partial charge >= 0.3 is 0 Å². The maximum absolute atomic E-state index is 12.5. The zero-order chi connectivity index (χ0) is 17.3. The molecule has 0 saturated heterocycles. The highest BCUT2D eigenvalue weighted by molar-refractivity contribution is 7.92. The summed E-state index contributed by atoms with van der Waals surface area (Å²) in [6, 6.07) is 12.2. The van der Waals surface area contributed by atoms with E-state index < -0.39 is 10.0 Å². The van der Waals surface area contributed by atoms with Gasteiger partial charge in [-0.25, -0.2) is 8.42 Å². The second-order valence-corrected chi connectivity index (χ2v) is 8.24. The molecule has 0 bridgehead atoms. The van der Waals surface area contributed by atoms with Crippen LogP contribution in [0.5, 0.6) is 5.75 Å². The maximum atomic E-state index is 12.5. The Balaban J connectivity index is 2.29. The minimum atomic E-state index is -3.61. The zero-order valence-corrected chi connectivity index (χ0v) is 15.0. The van der Waals surface area contributed by atoms with Gasteiger partial charge in [0.2, 0.25) is 0 Å². The van der Waals surface area contributed by atoms with Crippen LogP contribution < -0.4 is 9.46 Å². The van der Waals surface area contributed by atoms with Gasteiger partial charge < -0.3 is 4.74 Å². The molecule has 124 valence electrons. The number of nitrogens with one attached hydrogen (secondary N) is 1. The Morgan fingerprint density at radius 2 is 1.61 bits per heavy atom. The lowest BCUT2D eigenvalue weighted by atomic mass is 9.87. The molecule has 1 N–H and O–H groups in total. The second kappa shape index (κ2) is 6.24. The predicted molar refractivity (Wildman–Crippen MR) is 93.7 cm³/mol. The number of benzene rings is 2. The monoisotopic (exact) mass is 333 g/mol. The van der Waals surface area contributed by atoms with E-state index >= 15 is 0 Å². The van der Waals surface area contributed by atoms with E-state index in [0.717, 1.165) is 11.1 Å². The van der Waals surface area contributed by atoms with Gasteiger partial charge in [0.25, 0.3) is 10.0 Å². The number of aryl methyl sites for hydroxylation is 1. The van der Waals surface area contributed by atoms with Gasteiger partial charge in [-0.2, -0.15) is 0 Å². The SMILES string of the molecule is COc1ccc(NS(=O)(=O)c2ccc(C(C)(C)C)cc2)c(C)c1. The molecule has 0 atom stereocenters. The number of sulfonamides is 1. The molecule has 0 aliphatic carbocycles. The highest BCUT2D eigenvalue weighted by Gasteiger charge is 2.18. The molecule has 0 aromatic heterocycles. The summed E-state index contributed by atoms with van der Waals surface area (Å²) in [6.45, 7) is 8.11. The van der Waals surface area contributed by atoms with Crippen LogP contribution in [0.15, 0.2) is 47.4 Å². The van der Waals surface area contributed by atoms with Gasteiger partial charge in [0.05, 0.1) is 17.7 Å². The van der Waals surface area contributed by atoms with E-state index in [-0.39, 0.29) is 10.3 Å².